The number of carbonyl (C=O) groups excluding carboxylic acids is 2. The SMILES string of the molecule is CC(OC(=O)C1CCNCC1)C(=O)c1ccc(F)cc1. The first-order valence-electron chi connectivity index (χ1n) is 6.79. The molecule has 1 aliphatic heterocycles. The molecule has 0 radical (unpaired) electrons. The van der Waals surface area contributed by atoms with Gasteiger partial charge < -0.3 is 10.1 Å². The van der Waals surface area contributed by atoms with Crippen LogP contribution in [-0.4, -0.2) is 30.9 Å². The average molecular weight is 279 g/mol. The molecule has 1 aromatic carbocycles. The predicted molar refractivity (Wildman–Crippen MR) is 71.9 cm³/mol. The van der Waals surface area contributed by atoms with E-state index in [1.54, 1.807) is 6.92 Å². The monoisotopic (exact) mass is 279 g/mol. The van der Waals surface area contributed by atoms with E-state index in [2.05, 4.69) is 5.32 Å². The molecule has 0 spiro atoms. The normalized spacial score (nSPS) is 17.5. The molecular weight excluding hydrogens is 261 g/mol. The van der Waals surface area contributed by atoms with E-state index in [9.17, 15) is 14.0 Å². The molecule has 0 amide bonds. The minimum absolute atomic E-state index is 0.139. The summed E-state index contributed by atoms with van der Waals surface area (Å²) in [5.74, 6) is -1.18. The van der Waals surface area contributed by atoms with E-state index < -0.39 is 11.9 Å². The summed E-state index contributed by atoms with van der Waals surface area (Å²) >= 11 is 0. The number of hydrogen-bond acceptors (Lipinski definition) is 4. The van der Waals surface area contributed by atoms with E-state index in [0.717, 1.165) is 25.9 Å². The number of carbonyl (C=O) groups is 2. The lowest BCUT2D eigenvalue weighted by molar-refractivity contribution is -0.152. The fraction of sp³-hybridized carbons (Fsp3) is 0.467. The Morgan fingerprint density at radius 1 is 1.25 bits per heavy atom. The fourth-order valence-corrected chi connectivity index (χ4v) is 2.23. The number of piperidine rings is 1. The molecule has 1 unspecified atom stereocenters. The van der Waals surface area contributed by atoms with Crippen molar-refractivity contribution < 1.29 is 18.7 Å². The third-order valence-electron chi connectivity index (χ3n) is 3.46. The molecule has 5 heteroatoms. The summed E-state index contributed by atoms with van der Waals surface area (Å²) in [6.07, 6.45) is 0.620. The number of ether oxygens (including phenoxy) is 1. The Morgan fingerprint density at radius 2 is 1.85 bits per heavy atom. The zero-order valence-corrected chi connectivity index (χ0v) is 11.4. The van der Waals surface area contributed by atoms with Gasteiger partial charge >= 0.3 is 5.97 Å². The number of benzene rings is 1. The molecule has 1 heterocycles. The van der Waals surface area contributed by atoms with E-state index in [0.29, 0.717) is 5.56 Å². The lowest BCUT2D eigenvalue weighted by Crippen LogP contribution is -2.35. The molecule has 0 bridgehead atoms. The second kappa shape index (κ2) is 6.61. The van der Waals surface area contributed by atoms with E-state index in [4.69, 9.17) is 4.74 Å². The van der Waals surface area contributed by atoms with Gasteiger partial charge in [-0.3, -0.25) is 9.59 Å². The van der Waals surface area contributed by atoms with E-state index in [-0.39, 0.29) is 17.7 Å². The summed E-state index contributed by atoms with van der Waals surface area (Å²) in [5, 5.41) is 3.17. The Hall–Kier alpha value is -1.75. The van der Waals surface area contributed by atoms with Gasteiger partial charge in [-0.05, 0) is 57.1 Å². The van der Waals surface area contributed by atoms with Crippen LogP contribution < -0.4 is 5.32 Å². The third kappa shape index (κ3) is 3.63. The maximum Gasteiger partial charge on any atom is 0.309 e. The van der Waals surface area contributed by atoms with Crippen LogP contribution in [0, 0.1) is 11.7 Å². The molecule has 0 aromatic heterocycles. The third-order valence-corrected chi connectivity index (χ3v) is 3.46. The standard InChI is InChI=1S/C15H18FNO3/c1-10(14(18)11-2-4-13(16)5-3-11)20-15(19)12-6-8-17-9-7-12/h2-5,10,12,17H,6-9H2,1H3. The van der Waals surface area contributed by atoms with Crippen LogP contribution in [0.1, 0.15) is 30.1 Å². The van der Waals surface area contributed by atoms with E-state index in [1.807, 2.05) is 0 Å². The van der Waals surface area contributed by atoms with Crippen molar-refractivity contribution in [3.05, 3.63) is 35.6 Å². The number of esters is 1. The Balaban J connectivity index is 1.93. The van der Waals surface area contributed by atoms with Crippen molar-refractivity contribution in [1.29, 1.82) is 0 Å². The molecule has 0 aliphatic carbocycles. The van der Waals surface area contributed by atoms with E-state index in [1.165, 1.54) is 24.3 Å². The molecule has 1 N–H and O–H groups in total. The van der Waals surface area contributed by atoms with Crippen LogP contribution in [-0.2, 0) is 9.53 Å². The van der Waals surface area contributed by atoms with Crippen LogP contribution in [0.5, 0.6) is 0 Å². The minimum atomic E-state index is -0.845. The lowest BCUT2D eigenvalue weighted by atomic mass is 9.98. The van der Waals surface area contributed by atoms with Crippen molar-refractivity contribution in [3.63, 3.8) is 0 Å². The number of nitrogens with one attached hydrogen (secondary N) is 1. The molecule has 108 valence electrons. The number of hydrogen-bond donors (Lipinski definition) is 1. The maximum atomic E-state index is 12.8. The van der Waals surface area contributed by atoms with Gasteiger partial charge in [0.05, 0.1) is 5.92 Å². The molecule has 1 fully saturated rings. The number of rotatable bonds is 4. The first-order valence-corrected chi connectivity index (χ1v) is 6.79. The molecule has 20 heavy (non-hydrogen) atoms. The van der Waals surface area contributed by atoms with Crippen LogP contribution in [0.25, 0.3) is 0 Å². The van der Waals surface area contributed by atoms with Gasteiger partial charge in [0, 0.05) is 5.56 Å². The largest absolute Gasteiger partial charge is 0.454 e. The van der Waals surface area contributed by atoms with Gasteiger partial charge in [-0.25, -0.2) is 4.39 Å². The van der Waals surface area contributed by atoms with Gasteiger partial charge in [0.1, 0.15) is 5.82 Å². The van der Waals surface area contributed by atoms with Gasteiger partial charge in [-0.1, -0.05) is 0 Å². The Kier molecular flexibility index (Phi) is 4.84. The summed E-state index contributed by atoms with van der Waals surface area (Å²) in [6.45, 7) is 3.13. The fourth-order valence-electron chi connectivity index (χ4n) is 2.23. The highest BCUT2D eigenvalue weighted by Crippen LogP contribution is 2.16. The van der Waals surface area contributed by atoms with Crippen molar-refractivity contribution in [3.8, 4) is 0 Å². The van der Waals surface area contributed by atoms with Crippen LogP contribution in [0.15, 0.2) is 24.3 Å². The van der Waals surface area contributed by atoms with Crippen molar-refractivity contribution in [2.75, 3.05) is 13.1 Å². The van der Waals surface area contributed by atoms with Crippen molar-refractivity contribution in [2.45, 2.75) is 25.9 Å². The number of halogens is 1. The summed E-state index contributed by atoms with van der Waals surface area (Å²) < 4.78 is 18.0. The highest BCUT2D eigenvalue weighted by Gasteiger charge is 2.26. The summed E-state index contributed by atoms with van der Waals surface area (Å²) in [7, 11) is 0. The molecule has 2 rings (SSSR count). The van der Waals surface area contributed by atoms with Crippen LogP contribution in [0.3, 0.4) is 0 Å². The molecule has 1 aliphatic rings. The summed E-state index contributed by atoms with van der Waals surface area (Å²) in [5.41, 5.74) is 0.344. The Bertz CT molecular complexity index is 480. The number of ketones is 1. The second-order valence-corrected chi connectivity index (χ2v) is 4.97. The topological polar surface area (TPSA) is 55.4 Å². The maximum absolute atomic E-state index is 12.8. The van der Waals surface area contributed by atoms with Crippen LogP contribution in [0.2, 0.25) is 0 Å². The zero-order valence-electron chi connectivity index (χ0n) is 11.4. The first-order chi connectivity index (χ1) is 9.58. The molecule has 1 aromatic rings. The molecule has 1 atom stereocenters. The molecule has 0 saturated carbocycles. The van der Waals surface area contributed by atoms with Crippen molar-refractivity contribution >= 4 is 11.8 Å². The van der Waals surface area contributed by atoms with E-state index >= 15 is 0 Å². The molecule has 1 saturated heterocycles. The average Bonchev–Trinajstić information content (AvgIpc) is 2.48. The highest BCUT2D eigenvalue weighted by atomic mass is 19.1. The quantitative estimate of drug-likeness (QED) is 0.676. The second-order valence-electron chi connectivity index (χ2n) is 4.97. The van der Waals surface area contributed by atoms with Crippen molar-refractivity contribution in [2.24, 2.45) is 5.92 Å². The molecule has 4 nitrogen and oxygen atoms in total. The van der Waals surface area contributed by atoms with Crippen molar-refractivity contribution in [1.82, 2.24) is 5.32 Å². The molecular formula is C15H18FNO3. The van der Waals surface area contributed by atoms with Crippen LogP contribution in [0.4, 0.5) is 4.39 Å². The minimum Gasteiger partial charge on any atom is -0.454 e. The summed E-state index contributed by atoms with van der Waals surface area (Å²) in [4.78, 5) is 24.0. The Labute approximate surface area is 117 Å². The number of Topliss-reactive ketones (excluding diaryl/α,β-unsaturated/α-hetero) is 1. The van der Waals surface area contributed by atoms with Gasteiger partial charge in [-0.2, -0.15) is 0 Å². The first kappa shape index (κ1) is 14.7. The van der Waals surface area contributed by atoms with Gasteiger partial charge in [0.2, 0.25) is 5.78 Å². The smallest absolute Gasteiger partial charge is 0.309 e. The zero-order chi connectivity index (χ0) is 14.5. The Morgan fingerprint density at radius 3 is 2.45 bits per heavy atom. The predicted octanol–water partition coefficient (Wildman–Crippen LogP) is 1.94. The van der Waals surface area contributed by atoms with Crippen LogP contribution >= 0.6 is 0 Å². The van der Waals surface area contributed by atoms with Gasteiger partial charge in [-0.15, -0.1) is 0 Å². The van der Waals surface area contributed by atoms with Gasteiger partial charge in [0.15, 0.2) is 6.10 Å². The lowest BCUT2D eigenvalue weighted by Gasteiger charge is -2.22. The van der Waals surface area contributed by atoms with Gasteiger partial charge in [0.25, 0.3) is 0 Å². The highest BCUT2D eigenvalue weighted by molar-refractivity contribution is 6.00. The summed E-state index contributed by atoms with van der Waals surface area (Å²) in [6, 6.07) is 5.22.